The van der Waals surface area contributed by atoms with Gasteiger partial charge in [0, 0.05) is 16.0 Å². The van der Waals surface area contributed by atoms with Crippen LogP contribution in [0.2, 0.25) is 0 Å². The first kappa shape index (κ1) is 15.2. The van der Waals surface area contributed by atoms with E-state index in [0.29, 0.717) is 15.7 Å². The summed E-state index contributed by atoms with van der Waals surface area (Å²) >= 11 is 3.30. The van der Waals surface area contributed by atoms with Gasteiger partial charge >= 0.3 is 0 Å². The minimum absolute atomic E-state index is 0.0997. The molecule has 1 N–H and O–H groups in total. The molecule has 0 spiro atoms. The molecule has 2 aromatic carbocycles. The fourth-order valence-corrected chi connectivity index (χ4v) is 3.72. The molecule has 0 aliphatic heterocycles. The predicted octanol–water partition coefficient (Wildman–Crippen LogP) is 3.84. The Kier molecular flexibility index (Phi) is 4.06. The fraction of sp³-hybridized carbons (Fsp3) is 0.188. The van der Waals surface area contributed by atoms with Crippen LogP contribution in [0.3, 0.4) is 0 Å². The number of ketones is 1. The lowest BCUT2D eigenvalue weighted by Gasteiger charge is -2.10. The second-order valence-electron chi connectivity index (χ2n) is 5.25. The molecule has 0 unspecified atom stereocenters. The standard InChI is InChI=1S/C16H14BrNO3S/c17-14-3-1-2-4-15(14)18-22(20,21)13-9-7-12(8-10-13)16(19)11-5-6-11/h1-4,7-11,18H,5-6H2. The molecule has 1 aliphatic carbocycles. The molecule has 4 nitrogen and oxygen atoms in total. The number of sulfonamides is 1. The van der Waals surface area contributed by atoms with Crippen LogP contribution in [-0.2, 0) is 10.0 Å². The van der Waals surface area contributed by atoms with Crippen LogP contribution in [0.1, 0.15) is 23.2 Å². The van der Waals surface area contributed by atoms with Crippen molar-refractivity contribution in [1.82, 2.24) is 0 Å². The Morgan fingerprint density at radius 3 is 2.27 bits per heavy atom. The van der Waals surface area contributed by atoms with Crippen molar-refractivity contribution in [1.29, 1.82) is 0 Å². The van der Waals surface area contributed by atoms with Crippen LogP contribution in [0.4, 0.5) is 5.69 Å². The van der Waals surface area contributed by atoms with Crippen molar-refractivity contribution < 1.29 is 13.2 Å². The summed E-state index contributed by atoms with van der Waals surface area (Å²) in [7, 11) is -3.67. The van der Waals surface area contributed by atoms with Gasteiger partial charge in [0.2, 0.25) is 0 Å². The van der Waals surface area contributed by atoms with Crippen LogP contribution in [0.5, 0.6) is 0 Å². The molecule has 1 saturated carbocycles. The number of halogens is 1. The van der Waals surface area contributed by atoms with Gasteiger partial charge in [-0.1, -0.05) is 24.3 Å². The van der Waals surface area contributed by atoms with E-state index in [1.807, 2.05) is 0 Å². The molecule has 6 heteroatoms. The van der Waals surface area contributed by atoms with E-state index in [0.717, 1.165) is 12.8 Å². The SMILES string of the molecule is O=C(c1ccc(S(=O)(=O)Nc2ccccc2Br)cc1)C1CC1. The number of para-hydroxylation sites is 1. The number of rotatable bonds is 5. The smallest absolute Gasteiger partial charge is 0.261 e. The zero-order valence-electron chi connectivity index (χ0n) is 11.6. The van der Waals surface area contributed by atoms with E-state index in [1.54, 1.807) is 36.4 Å². The molecule has 22 heavy (non-hydrogen) atoms. The number of carbonyl (C=O) groups is 1. The normalized spacial score (nSPS) is 14.6. The molecule has 0 atom stereocenters. The highest BCUT2D eigenvalue weighted by Gasteiger charge is 2.30. The van der Waals surface area contributed by atoms with Gasteiger partial charge in [-0.05, 0) is 53.0 Å². The number of anilines is 1. The number of hydrogen-bond donors (Lipinski definition) is 1. The Balaban J connectivity index is 1.83. The van der Waals surface area contributed by atoms with E-state index in [1.165, 1.54) is 12.1 Å². The van der Waals surface area contributed by atoms with E-state index >= 15 is 0 Å². The summed E-state index contributed by atoms with van der Waals surface area (Å²) in [5.41, 5.74) is 1.04. The fourth-order valence-electron chi connectivity index (χ4n) is 2.13. The van der Waals surface area contributed by atoms with Crippen LogP contribution < -0.4 is 4.72 Å². The van der Waals surface area contributed by atoms with E-state index < -0.39 is 10.0 Å². The number of carbonyl (C=O) groups excluding carboxylic acids is 1. The second-order valence-corrected chi connectivity index (χ2v) is 7.78. The molecular formula is C16H14BrNO3S. The van der Waals surface area contributed by atoms with Gasteiger partial charge in [0.25, 0.3) is 10.0 Å². The molecule has 2 aromatic rings. The Morgan fingerprint density at radius 1 is 1.05 bits per heavy atom. The number of benzene rings is 2. The maximum absolute atomic E-state index is 12.4. The van der Waals surface area contributed by atoms with Crippen molar-refractivity contribution in [3.63, 3.8) is 0 Å². The summed E-state index contributed by atoms with van der Waals surface area (Å²) in [5, 5.41) is 0. The highest BCUT2D eigenvalue weighted by Crippen LogP contribution is 2.33. The maximum atomic E-state index is 12.4. The van der Waals surface area contributed by atoms with E-state index in [-0.39, 0.29) is 16.6 Å². The third kappa shape index (κ3) is 3.23. The van der Waals surface area contributed by atoms with Gasteiger partial charge in [-0.25, -0.2) is 8.42 Å². The molecule has 0 aromatic heterocycles. The second kappa shape index (κ2) is 5.85. The van der Waals surface area contributed by atoms with Crippen LogP contribution in [0, 0.1) is 5.92 Å². The van der Waals surface area contributed by atoms with Crippen molar-refractivity contribution in [3.05, 3.63) is 58.6 Å². The van der Waals surface area contributed by atoms with Gasteiger partial charge in [0.05, 0.1) is 10.6 Å². The lowest BCUT2D eigenvalue weighted by molar-refractivity contribution is 0.0967. The largest absolute Gasteiger partial charge is 0.294 e. The molecular weight excluding hydrogens is 366 g/mol. The first-order valence-electron chi connectivity index (χ1n) is 6.89. The first-order valence-corrected chi connectivity index (χ1v) is 9.16. The number of Topliss-reactive ketones (excluding diaryl/α,β-unsaturated/α-hetero) is 1. The lowest BCUT2D eigenvalue weighted by atomic mass is 10.1. The van der Waals surface area contributed by atoms with E-state index in [9.17, 15) is 13.2 Å². The predicted molar refractivity (Wildman–Crippen MR) is 88.4 cm³/mol. The van der Waals surface area contributed by atoms with E-state index in [2.05, 4.69) is 20.7 Å². The quantitative estimate of drug-likeness (QED) is 0.802. The molecule has 0 saturated heterocycles. The van der Waals surface area contributed by atoms with Crippen molar-refractivity contribution in [2.45, 2.75) is 17.7 Å². The Hall–Kier alpha value is -1.66. The van der Waals surface area contributed by atoms with Crippen molar-refractivity contribution >= 4 is 37.4 Å². The molecule has 0 amide bonds. The molecule has 0 heterocycles. The monoisotopic (exact) mass is 379 g/mol. The Morgan fingerprint density at radius 2 is 1.68 bits per heavy atom. The molecule has 0 bridgehead atoms. The van der Waals surface area contributed by atoms with Crippen LogP contribution in [-0.4, -0.2) is 14.2 Å². The van der Waals surface area contributed by atoms with Crippen molar-refractivity contribution in [2.75, 3.05) is 4.72 Å². The molecule has 114 valence electrons. The Labute approximate surface area is 137 Å². The first-order chi connectivity index (χ1) is 10.5. The average Bonchev–Trinajstić information content (AvgIpc) is 3.34. The van der Waals surface area contributed by atoms with Gasteiger partial charge in [0.15, 0.2) is 5.78 Å². The van der Waals surface area contributed by atoms with Crippen molar-refractivity contribution in [2.24, 2.45) is 5.92 Å². The third-order valence-corrected chi connectivity index (χ3v) is 5.59. The lowest BCUT2D eigenvalue weighted by Crippen LogP contribution is -2.13. The van der Waals surface area contributed by atoms with Gasteiger partial charge < -0.3 is 0 Å². The summed E-state index contributed by atoms with van der Waals surface area (Å²) in [6.45, 7) is 0. The summed E-state index contributed by atoms with van der Waals surface area (Å²) in [6.07, 6.45) is 1.87. The topological polar surface area (TPSA) is 63.2 Å². The van der Waals surface area contributed by atoms with E-state index in [4.69, 9.17) is 0 Å². The van der Waals surface area contributed by atoms with Gasteiger partial charge in [-0.15, -0.1) is 0 Å². The third-order valence-electron chi connectivity index (χ3n) is 3.52. The summed E-state index contributed by atoms with van der Waals surface area (Å²) < 4.78 is 27.9. The minimum atomic E-state index is -3.67. The minimum Gasteiger partial charge on any atom is -0.294 e. The number of hydrogen-bond acceptors (Lipinski definition) is 3. The summed E-state index contributed by atoms with van der Waals surface area (Å²) in [6, 6.07) is 13.1. The average molecular weight is 380 g/mol. The highest BCUT2D eigenvalue weighted by atomic mass is 79.9. The molecule has 1 fully saturated rings. The summed E-state index contributed by atoms with van der Waals surface area (Å²) in [4.78, 5) is 12.1. The van der Waals surface area contributed by atoms with Crippen molar-refractivity contribution in [3.8, 4) is 0 Å². The zero-order chi connectivity index (χ0) is 15.7. The van der Waals surface area contributed by atoms with Crippen LogP contribution in [0.15, 0.2) is 57.9 Å². The molecule has 0 radical (unpaired) electrons. The molecule has 1 aliphatic rings. The van der Waals surface area contributed by atoms with Crippen LogP contribution in [0.25, 0.3) is 0 Å². The van der Waals surface area contributed by atoms with Gasteiger partial charge in [-0.3, -0.25) is 9.52 Å². The maximum Gasteiger partial charge on any atom is 0.261 e. The van der Waals surface area contributed by atoms with Crippen LogP contribution >= 0.6 is 15.9 Å². The van der Waals surface area contributed by atoms with Gasteiger partial charge in [-0.2, -0.15) is 0 Å². The zero-order valence-corrected chi connectivity index (χ0v) is 14.0. The Bertz CT molecular complexity index is 812. The summed E-state index contributed by atoms with van der Waals surface area (Å²) in [5.74, 6) is 0.226. The highest BCUT2D eigenvalue weighted by molar-refractivity contribution is 9.10. The van der Waals surface area contributed by atoms with Gasteiger partial charge in [0.1, 0.15) is 0 Å². The molecule has 3 rings (SSSR count). The number of nitrogens with one attached hydrogen (secondary N) is 1.